The molecule has 3 aromatic rings. The predicted octanol–water partition coefficient (Wildman–Crippen LogP) is 8.75. The SMILES string of the molecule is O=C(CSC(F)(F)F)Nc1c(F)ccc(NC(=O)c2cc(NC(=O)[C@H]3[C@H](c4cc(F)cc(C(F)(F)F)c4)C3(Cl)Cl)ccc2Cl)c1F. The number of carbonyl (C=O) groups is 3. The van der Waals surface area contributed by atoms with Gasteiger partial charge in [0.15, 0.2) is 5.82 Å². The normalized spacial score (nSPS) is 17.3. The lowest BCUT2D eigenvalue weighted by atomic mass is 10.0. The molecule has 19 heteroatoms. The summed E-state index contributed by atoms with van der Waals surface area (Å²) >= 11 is 17.7. The van der Waals surface area contributed by atoms with Gasteiger partial charge in [0.25, 0.3) is 5.91 Å². The van der Waals surface area contributed by atoms with Crippen LogP contribution in [0.1, 0.15) is 27.4 Å². The molecule has 0 saturated heterocycles. The van der Waals surface area contributed by atoms with Gasteiger partial charge in [-0.05, 0) is 65.9 Å². The summed E-state index contributed by atoms with van der Waals surface area (Å²) in [5.41, 5.74) is -8.73. The number of benzene rings is 3. The summed E-state index contributed by atoms with van der Waals surface area (Å²) in [6, 6.07) is 6.37. The van der Waals surface area contributed by atoms with Crippen molar-refractivity contribution in [1.29, 1.82) is 0 Å². The fourth-order valence-electron chi connectivity index (χ4n) is 4.30. The summed E-state index contributed by atoms with van der Waals surface area (Å²) in [5, 5.41) is 5.85. The molecule has 0 spiro atoms. The highest BCUT2D eigenvalue weighted by atomic mass is 35.5. The smallest absolute Gasteiger partial charge is 0.326 e. The number of carbonyl (C=O) groups excluding carboxylic acids is 3. The maximum atomic E-state index is 15.0. The van der Waals surface area contributed by atoms with Crippen molar-refractivity contribution in [2.24, 2.45) is 5.92 Å². The number of thioether (sulfide) groups is 1. The van der Waals surface area contributed by atoms with E-state index >= 15 is 0 Å². The van der Waals surface area contributed by atoms with E-state index in [4.69, 9.17) is 34.8 Å². The average Bonchev–Trinajstić information content (AvgIpc) is 3.53. The molecule has 1 aliphatic carbocycles. The molecule has 2 atom stereocenters. The number of rotatable bonds is 8. The van der Waals surface area contributed by atoms with Gasteiger partial charge in [-0.1, -0.05) is 11.6 Å². The van der Waals surface area contributed by atoms with Gasteiger partial charge in [-0.2, -0.15) is 26.3 Å². The first-order chi connectivity index (χ1) is 21.2. The van der Waals surface area contributed by atoms with Crippen molar-refractivity contribution >= 4 is 81.3 Å². The molecule has 1 saturated carbocycles. The molecule has 0 aliphatic heterocycles. The van der Waals surface area contributed by atoms with Crippen molar-refractivity contribution in [3.05, 3.63) is 87.7 Å². The zero-order valence-corrected chi connectivity index (χ0v) is 25.2. The molecule has 6 nitrogen and oxygen atoms in total. The van der Waals surface area contributed by atoms with Crippen molar-refractivity contribution in [1.82, 2.24) is 0 Å². The van der Waals surface area contributed by atoms with Crippen LogP contribution >= 0.6 is 46.6 Å². The van der Waals surface area contributed by atoms with Crippen LogP contribution < -0.4 is 16.0 Å². The molecule has 0 aromatic heterocycles. The van der Waals surface area contributed by atoms with E-state index in [1.807, 2.05) is 0 Å². The number of anilines is 3. The molecule has 3 amide bonds. The lowest BCUT2D eigenvalue weighted by Gasteiger charge is -2.14. The summed E-state index contributed by atoms with van der Waals surface area (Å²) in [5.74, 6) is -11.4. The van der Waals surface area contributed by atoms with Crippen LogP contribution in [0.15, 0.2) is 48.5 Å². The Kier molecular flexibility index (Phi) is 10.1. The van der Waals surface area contributed by atoms with Crippen LogP contribution in [0.4, 0.5) is 56.6 Å². The molecule has 0 radical (unpaired) electrons. The van der Waals surface area contributed by atoms with Crippen LogP contribution in [0.2, 0.25) is 5.02 Å². The molecule has 3 N–H and O–H groups in total. The van der Waals surface area contributed by atoms with Gasteiger partial charge in [0.05, 0.1) is 33.5 Å². The third kappa shape index (κ3) is 8.14. The first kappa shape index (κ1) is 35.5. The van der Waals surface area contributed by atoms with Crippen LogP contribution in [0.5, 0.6) is 0 Å². The Hall–Kier alpha value is -3.34. The van der Waals surface area contributed by atoms with Gasteiger partial charge in [0.1, 0.15) is 21.7 Å². The maximum absolute atomic E-state index is 15.0. The third-order valence-electron chi connectivity index (χ3n) is 6.39. The van der Waals surface area contributed by atoms with Crippen molar-refractivity contribution in [2.45, 2.75) is 21.9 Å². The van der Waals surface area contributed by atoms with E-state index in [1.165, 1.54) is 6.07 Å². The van der Waals surface area contributed by atoms with E-state index in [0.29, 0.717) is 12.1 Å². The first-order valence-corrected chi connectivity index (χ1v) is 14.5. The molecule has 4 rings (SSSR count). The van der Waals surface area contributed by atoms with Gasteiger partial charge in [0.2, 0.25) is 11.8 Å². The van der Waals surface area contributed by atoms with Crippen molar-refractivity contribution in [2.75, 3.05) is 21.7 Å². The zero-order valence-electron chi connectivity index (χ0n) is 22.1. The van der Waals surface area contributed by atoms with E-state index in [-0.39, 0.29) is 27.9 Å². The minimum absolute atomic E-state index is 0.112. The van der Waals surface area contributed by atoms with Gasteiger partial charge >= 0.3 is 11.7 Å². The van der Waals surface area contributed by atoms with E-state index in [0.717, 1.165) is 24.3 Å². The lowest BCUT2D eigenvalue weighted by Crippen LogP contribution is -2.20. The van der Waals surface area contributed by atoms with Gasteiger partial charge < -0.3 is 16.0 Å². The maximum Gasteiger partial charge on any atom is 0.442 e. The molecule has 1 fully saturated rings. The molecular weight excluding hydrogens is 724 g/mol. The molecule has 0 unspecified atom stereocenters. The Bertz CT molecular complexity index is 1720. The Labute approximate surface area is 271 Å². The topological polar surface area (TPSA) is 87.3 Å². The number of hydrogen-bond donors (Lipinski definition) is 3. The third-order valence-corrected chi connectivity index (χ3v) is 8.40. The summed E-state index contributed by atoms with van der Waals surface area (Å²) in [4.78, 5) is 37.7. The fraction of sp³-hybridized carbons (Fsp3) is 0.222. The minimum Gasteiger partial charge on any atom is -0.326 e. The van der Waals surface area contributed by atoms with Crippen LogP contribution in [0, 0.1) is 23.4 Å². The summed E-state index contributed by atoms with van der Waals surface area (Å²) in [6.07, 6.45) is -4.90. The second kappa shape index (κ2) is 13.0. The molecule has 0 heterocycles. The quantitative estimate of drug-likeness (QED) is 0.159. The number of alkyl halides is 8. The van der Waals surface area contributed by atoms with E-state index in [9.17, 15) is 53.9 Å². The molecule has 0 bridgehead atoms. The van der Waals surface area contributed by atoms with Gasteiger partial charge in [0, 0.05) is 11.6 Å². The second-order valence-corrected chi connectivity index (χ2v) is 12.5. The largest absolute Gasteiger partial charge is 0.442 e. The van der Waals surface area contributed by atoms with E-state index < -0.39 is 97.5 Å². The molecule has 246 valence electrons. The highest BCUT2D eigenvalue weighted by molar-refractivity contribution is 8.00. The van der Waals surface area contributed by atoms with Gasteiger partial charge in [-0.15, -0.1) is 23.2 Å². The second-order valence-electron chi connectivity index (χ2n) is 9.61. The predicted molar refractivity (Wildman–Crippen MR) is 154 cm³/mol. The minimum atomic E-state index is -4.90. The van der Waals surface area contributed by atoms with E-state index in [1.54, 1.807) is 5.32 Å². The molecule has 3 aromatic carbocycles. The average molecular weight is 739 g/mol. The summed E-state index contributed by atoms with van der Waals surface area (Å²) < 4.78 is 118. The van der Waals surface area contributed by atoms with E-state index in [2.05, 4.69) is 10.6 Å². The summed E-state index contributed by atoms with van der Waals surface area (Å²) in [6.45, 7) is 0. The van der Waals surface area contributed by atoms with Crippen molar-refractivity contribution < 1.29 is 53.9 Å². The van der Waals surface area contributed by atoms with Gasteiger partial charge in [-0.3, -0.25) is 14.4 Å². The fourth-order valence-corrected chi connectivity index (χ4v) is 5.69. The molecule has 1 aliphatic rings. The number of nitrogens with one attached hydrogen (secondary N) is 3. The summed E-state index contributed by atoms with van der Waals surface area (Å²) in [7, 11) is 0. The molecule has 46 heavy (non-hydrogen) atoms. The zero-order chi connectivity index (χ0) is 34.4. The Balaban J connectivity index is 1.50. The van der Waals surface area contributed by atoms with Crippen molar-refractivity contribution in [3.8, 4) is 0 Å². The number of hydrogen-bond acceptors (Lipinski definition) is 4. The van der Waals surface area contributed by atoms with Crippen molar-refractivity contribution in [3.63, 3.8) is 0 Å². The van der Waals surface area contributed by atoms with Crippen LogP contribution in [0.3, 0.4) is 0 Å². The van der Waals surface area contributed by atoms with Crippen LogP contribution in [0.25, 0.3) is 0 Å². The Morgan fingerprint density at radius 2 is 1.54 bits per heavy atom. The first-order valence-electron chi connectivity index (χ1n) is 12.3. The highest BCUT2D eigenvalue weighted by Crippen LogP contribution is 2.65. The highest BCUT2D eigenvalue weighted by Gasteiger charge is 2.67. The van der Waals surface area contributed by atoms with Crippen LogP contribution in [-0.2, 0) is 15.8 Å². The van der Waals surface area contributed by atoms with Gasteiger partial charge in [-0.25, -0.2) is 13.2 Å². The standard InChI is InChI=1S/C27H15Cl3F9N3O3S/c28-15-2-1-13(40-24(45)20-19(25(20,29)30)10-5-11(26(34,35)36)7-12(31)6-10)8-14(15)23(44)41-17-4-3-16(32)22(21(17)33)42-18(43)9-46-27(37,38)39/h1-8,19-20H,9H2,(H,40,45)(H,41,44)(H,42,43)/t19-,20+/m0/s1. The molecular formula is C27H15Cl3F9N3O3S. The van der Waals surface area contributed by atoms with Crippen LogP contribution in [-0.4, -0.2) is 33.3 Å². The Morgan fingerprint density at radius 1 is 0.870 bits per heavy atom. The Morgan fingerprint density at radius 3 is 2.17 bits per heavy atom. The number of amides is 3. The monoisotopic (exact) mass is 737 g/mol. The lowest BCUT2D eigenvalue weighted by molar-refractivity contribution is -0.137. The number of halogens is 12.